The number of aromatic nitrogens is 1. The number of fused-ring (bicyclic) bond motifs is 1. The van der Waals surface area contributed by atoms with E-state index < -0.39 is 11.7 Å². The van der Waals surface area contributed by atoms with E-state index in [1.54, 1.807) is 23.3 Å². The summed E-state index contributed by atoms with van der Waals surface area (Å²) in [6.45, 7) is 7.83. The van der Waals surface area contributed by atoms with E-state index in [1.165, 1.54) is 0 Å². The zero-order valence-electron chi connectivity index (χ0n) is 16.0. The number of nitrogens with one attached hydrogen (secondary N) is 1. The number of amides is 2. The van der Waals surface area contributed by atoms with Crippen molar-refractivity contribution in [2.24, 2.45) is 0 Å². The number of para-hydroxylation sites is 1. The summed E-state index contributed by atoms with van der Waals surface area (Å²) in [4.78, 5) is 30.3. The molecule has 7 heteroatoms. The molecule has 0 aliphatic rings. The van der Waals surface area contributed by atoms with Gasteiger partial charge in [-0.05, 0) is 46.2 Å². The second-order valence-corrected chi connectivity index (χ2v) is 8.29. The van der Waals surface area contributed by atoms with Crippen molar-refractivity contribution < 1.29 is 14.3 Å². The Balaban J connectivity index is 1.80. The number of nitrogens with zero attached hydrogens (tertiary/aromatic N) is 2. The van der Waals surface area contributed by atoms with Crippen LogP contribution in [0.25, 0.3) is 10.2 Å². The normalized spacial score (nSPS) is 12.7. The number of carbonyl (C=O) groups is 2. The molecule has 6 nitrogen and oxygen atoms in total. The summed E-state index contributed by atoms with van der Waals surface area (Å²) >= 11 is 1.61. The van der Waals surface area contributed by atoms with Gasteiger partial charge >= 0.3 is 6.09 Å². The van der Waals surface area contributed by atoms with Gasteiger partial charge in [0.1, 0.15) is 10.6 Å². The molecule has 0 unspecified atom stereocenters. The van der Waals surface area contributed by atoms with Crippen LogP contribution in [0.4, 0.5) is 4.79 Å². The lowest BCUT2D eigenvalue weighted by Gasteiger charge is -2.23. The lowest BCUT2D eigenvalue weighted by Crippen LogP contribution is -2.34. The molecule has 1 N–H and O–H groups in total. The van der Waals surface area contributed by atoms with Crippen molar-refractivity contribution in [1.29, 1.82) is 0 Å². The maximum Gasteiger partial charge on any atom is 0.407 e. The molecule has 1 heterocycles. The van der Waals surface area contributed by atoms with Crippen molar-refractivity contribution in [3.63, 3.8) is 0 Å². The standard InChI is InChI=1S/C19H27N3O3S/c1-13(17-21-14-9-6-7-10-15(14)26-17)22(5)16(23)11-8-12-20-18(24)25-19(2,3)4/h6-7,9-10,13H,8,11-12H2,1-5H3,(H,20,24)/t13-/m1/s1. The summed E-state index contributed by atoms with van der Waals surface area (Å²) in [6, 6.07) is 7.88. The topological polar surface area (TPSA) is 71.5 Å². The number of benzene rings is 1. The third-order valence-electron chi connectivity index (χ3n) is 3.88. The minimum Gasteiger partial charge on any atom is -0.444 e. The van der Waals surface area contributed by atoms with Gasteiger partial charge in [0.05, 0.1) is 16.3 Å². The summed E-state index contributed by atoms with van der Waals surface area (Å²) in [5.41, 5.74) is 0.439. The van der Waals surface area contributed by atoms with Gasteiger partial charge in [-0.1, -0.05) is 12.1 Å². The minimum absolute atomic E-state index is 0.0303. The van der Waals surface area contributed by atoms with Crippen LogP contribution in [0.2, 0.25) is 0 Å². The van der Waals surface area contributed by atoms with E-state index in [9.17, 15) is 9.59 Å². The summed E-state index contributed by atoms with van der Waals surface area (Å²) in [6.07, 6.45) is 0.470. The van der Waals surface area contributed by atoms with Crippen LogP contribution in [0.15, 0.2) is 24.3 Å². The molecule has 0 aliphatic heterocycles. The van der Waals surface area contributed by atoms with E-state index in [0.29, 0.717) is 19.4 Å². The fraction of sp³-hybridized carbons (Fsp3) is 0.526. The van der Waals surface area contributed by atoms with Gasteiger partial charge in [0.2, 0.25) is 5.91 Å². The van der Waals surface area contributed by atoms with Gasteiger partial charge in [-0.2, -0.15) is 0 Å². The van der Waals surface area contributed by atoms with Gasteiger partial charge in [-0.25, -0.2) is 9.78 Å². The number of alkyl carbamates (subject to hydrolysis) is 1. The van der Waals surface area contributed by atoms with Gasteiger partial charge in [0.15, 0.2) is 0 Å². The SMILES string of the molecule is C[C@H](c1nc2ccccc2s1)N(C)C(=O)CCCNC(=O)OC(C)(C)C. The van der Waals surface area contributed by atoms with Crippen molar-refractivity contribution in [2.75, 3.05) is 13.6 Å². The Morgan fingerprint density at radius 3 is 2.65 bits per heavy atom. The molecular formula is C19H27N3O3S. The van der Waals surface area contributed by atoms with Gasteiger partial charge in [-0.15, -0.1) is 11.3 Å². The first-order valence-corrected chi connectivity index (χ1v) is 9.57. The Hall–Kier alpha value is -2.15. The lowest BCUT2D eigenvalue weighted by atomic mass is 10.2. The summed E-state index contributed by atoms with van der Waals surface area (Å²) in [5.74, 6) is 0.0303. The molecule has 0 radical (unpaired) electrons. The third-order valence-corrected chi connectivity index (χ3v) is 5.08. The van der Waals surface area contributed by atoms with Gasteiger partial charge < -0.3 is 15.0 Å². The van der Waals surface area contributed by atoms with E-state index >= 15 is 0 Å². The fourth-order valence-corrected chi connectivity index (χ4v) is 3.43. The van der Waals surface area contributed by atoms with Crippen LogP contribution < -0.4 is 5.32 Å². The Bertz CT molecular complexity index is 734. The molecule has 2 rings (SSSR count). The van der Waals surface area contributed by atoms with E-state index in [-0.39, 0.29) is 11.9 Å². The molecule has 1 aromatic heterocycles. The van der Waals surface area contributed by atoms with Crippen LogP contribution in [0.3, 0.4) is 0 Å². The third kappa shape index (κ3) is 5.69. The van der Waals surface area contributed by atoms with Crippen molar-refractivity contribution in [3.8, 4) is 0 Å². The van der Waals surface area contributed by atoms with E-state index in [0.717, 1.165) is 15.2 Å². The largest absolute Gasteiger partial charge is 0.444 e. The Labute approximate surface area is 158 Å². The Morgan fingerprint density at radius 2 is 2.00 bits per heavy atom. The molecule has 0 fully saturated rings. The highest BCUT2D eigenvalue weighted by Gasteiger charge is 2.20. The Morgan fingerprint density at radius 1 is 1.31 bits per heavy atom. The minimum atomic E-state index is -0.521. The predicted octanol–water partition coefficient (Wildman–Crippen LogP) is 4.12. The molecule has 142 valence electrons. The molecule has 0 saturated carbocycles. The fourth-order valence-electron chi connectivity index (χ4n) is 2.37. The molecular weight excluding hydrogens is 350 g/mol. The second-order valence-electron chi connectivity index (χ2n) is 7.23. The van der Waals surface area contributed by atoms with Gasteiger partial charge in [-0.3, -0.25) is 4.79 Å². The summed E-state index contributed by atoms with van der Waals surface area (Å²) < 4.78 is 6.29. The van der Waals surface area contributed by atoms with Crippen molar-refractivity contribution in [2.45, 2.75) is 52.2 Å². The number of rotatable bonds is 6. The van der Waals surface area contributed by atoms with E-state index in [1.807, 2.05) is 52.0 Å². The first-order chi connectivity index (χ1) is 12.2. The maximum absolute atomic E-state index is 12.4. The number of hydrogen-bond acceptors (Lipinski definition) is 5. The molecule has 2 aromatic rings. The predicted molar refractivity (Wildman–Crippen MR) is 104 cm³/mol. The summed E-state index contributed by atoms with van der Waals surface area (Å²) in [7, 11) is 1.79. The number of thiazole rings is 1. The average Bonchev–Trinajstić information content (AvgIpc) is 2.99. The van der Waals surface area contributed by atoms with Crippen LogP contribution in [0.1, 0.15) is 51.6 Å². The first-order valence-electron chi connectivity index (χ1n) is 8.75. The Kier molecular flexibility index (Phi) is 6.58. The van der Waals surface area contributed by atoms with Crippen LogP contribution in [0.5, 0.6) is 0 Å². The molecule has 0 aliphatic carbocycles. The van der Waals surface area contributed by atoms with Crippen LogP contribution in [-0.2, 0) is 9.53 Å². The van der Waals surface area contributed by atoms with Crippen molar-refractivity contribution >= 4 is 33.6 Å². The zero-order chi connectivity index (χ0) is 19.3. The van der Waals surface area contributed by atoms with Crippen LogP contribution in [0, 0.1) is 0 Å². The molecule has 0 saturated heterocycles. The van der Waals surface area contributed by atoms with Crippen LogP contribution >= 0.6 is 11.3 Å². The van der Waals surface area contributed by atoms with E-state index in [2.05, 4.69) is 10.3 Å². The van der Waals surface area contributed by atoms with Crippen molar-refractivity contribution in [3.05, 3.63) is 29.3 Å². The molecule has 26 heavy (non-hydrogen) atoms. The van der Waals surface area contributed by atoms with Gasteiger partial charge in [0, 0.05) is 20.0 Å². The van der Waals surface area contributed by atoms with Crippen molar-refractivity contribution in [1.82, 2.24) is 15.2 Å². The number of ether oxygens (including phenoxy) is 1. The highest BCUT2D eigenvalue weighted by molar-refractivity contribution is 7.18. The first kappa shape index (κ1) is 20.2. The monoisotopic (exact) mass is 377 g/mol. The molecule has 0 spiro atoms. The molecule has 1 atom stereocenters. The smallest absolute Gasteiger partial charge is 0.407 e. The number of hydrogen-bond donors (Lipinski definition) is 1. The summed E-state index contributed by atoms with van der Waals surface area (Å²) in [5, 5.41) is 3.59. The number of carbonyl (C=O) groups excluding carboxylic acids is 2. The highest BCUT2D eigenvalue weighted by Crippen LogP contribution is 2.29. The van der Waals surface area contributed by atoms with Crippen LogP contribution in [-0.4, -0.2) is 41.1 Å². The zero-order valence-corrected chi connectivity index (χ0v) is 16.9. The van der Waals surface area contributed by atoms with Gasteiger partial charge in [0.25, 0.3) is 0 Å². The molecule has 0 bridgehead atoms. The molecule has 1 aromatic carbocycles. The highest BCUT2D eigenvalue weighted by atomic mass is 32.1. The maximum atomic E-state index is 12.4. The lowest BCUT2D eigenvalue weighted by molar-refractivity contribution is -0.131. The van der Waals surface area contributed by atoms with E-state index in [4.69, 9.17) is 4.74 Å². The second kappa shape index (κ2) is 8.49. The average molecular weight is 378 g/mol. The molecule has 2 amide bonds. The quantitative estimate of drug-likeness (QED) is 0.769.